The van der Waals surface area contributed by atoms with Crippen LogP contribution in [0.4, 0.5) is 0 Å². The molecule has 0 spiro atoms. The summed E-state index contributed by atoms with van der Waals surface area (Å²) in [5, 5.41) is 20.4. The van der Waals surface area contributed by atoms with Crippen LogP contribution in [0.3, 0.4) is 0 Å². The van der Waals surface area contributed by atoms with Crippen LogP contribution in [0.5, 0.6) is 0 Å². The molecule has 1 amide bonds. The van der Waals surface area contributed by atoms with Gasteiger partial charge in [0, 0.05) is 32.3 Å². The summed E-state index contributed by atoms with van der Waals surface area (Å²) in [6.07, 6.45) is 6.46. The monoisotopic (exact) mass is 309 g/mol. The molecule has 1 aromatic heterocycles. The highest BCUT2D eigenvalue weighted by Crippen LogP contribution is 2.15. The van der Waals surface area contributed by atoms with Gasteiger partial charge in [0.15, 0.2) is 0 Å². The lowest BCUT2D eigenvalue weighted by Gasteiger charge is -2.31. The number of nitrogens with zero attached hydrogens (tertiary/aromatic N) is 4. The molecule has 0 saturated carbocycles. The summed E-state index contributed by atoms with van der Waals surface area (Å²) in [7, 11) is 0. The number of likely N-dealkylation sites (tertiary alicyclic amines) is 1. The van der Waals surface area contributed by atoms with Crippen LogP contribution in [-0.4, -0.2) is 63.2 Å². The Kier molecular flexibility index (Phi) is 6.79. The lowest BCUT2D eigenvalue weighted by molar-refractivity contribution is -0.121. The van der Waals surface area contributed by atoms with Crippen molar-refractivity contribution >= 4 is 5.91 Å². The van der Waals surface area contributed by atoms with E-state index in [1.165, 1.54) is 12.8 Å². The molecule has 1 aliphatic heterocycles. The quantitative estimate of drug-likeness (QED) is 0.720. The molecule has 124 valence electrons. The Morgan fingerprint density at radius 2 is 2.23 bits per heavy atom. The van der Waals surface area contributed by atoms with Crippen molar-refractivity contribution in [1.82, 2.24) is 25.2 Å². The normalized spacial score (nSPS) is 18.3. The predicted molar refractivity (Wildman–Crippen MR) is 83.1 cm³/mol. The van der Waals surface area contributed by atoms with Gasteiger partial charge in [-0.15, -0.1) is 5.10 Å². The van der Waals surface area contributed by atoms with Crippen molar-refractivity contribution in [1.29, 1.82) is 0 Å². The highest BCUT2D eigenvalue weighted by molar-refractivity contribution is 5.75. The zero-order valence-corrected chi connectivity index (χ0v) is 13.3. The minimum absolute atomic E-state index is 0.0218. The largest absolute Gasteiger partial charge is 0.390 e. The van der Waals surface area contributed by atoms with E-state index in [0.717, 1.165) is 25.4 Å². The number of rotatable bonds is 8. The number of aromatic nitrogens is 3. The highest BCUT2D eigenvalue weighted by Gasteiger charge is 2.18. The van der Waals surface area contributed by atoms with E-state index >= 15 is 0 Å². The van der Waals surface area contributed by atoms with Crippen molar-refractivity contribution in [2.24, 2.45) is 5.92 Å². The highest BCUT2D eigenvalue weighted by atomic mass is 16.3. The molecule has 0 bridgehead atoms. The third kappa shape index (κ3) is 6.11. The zero-order chi connectivity index (χ0) is 15.8. The van der Waals surface area contributed by atoms with Gasteiger partial charge in [-0.1, -0.05) is 12.1 Å². The number of amides is 1. The van der Waals surface area contributed by atoms with Crippen molar-refractivity contribution < 1.29 is 9.90 Å². The predicted octanol–water partition coefficient (Wildman–Crippen LogP) is 0.267. The summed E-state index contributed by atoms with van der Waals surface area (Å²) in [6.45, 7) is 6.02. The van der Waals surface area contributed by atoms with Crippen LogP contribution in [0.2, 0.25) is 0 Å². The maximum atomic E-state index is 11.7. The molecular formula is C15H27N5O2. The number of carbonyl (C=O) groups excluding carboxylic acids is 1. The van der Waals surface area contributed by atoms with Crippen LogP contribution in [0.1, 0.15) is 32.6 Å². The lowest BCUT2D eigenvalue weighted by atomic mass is 9.99. The number of hydrogen-bond acceptors (Lipinski definition) is 5. The number of hydrogen-bond donors (Lipinski definition) is 2. The molecule has 0 aliphatic carbocycles. The number of nitrogens with one attached hydrogen (secondary N) is 1. The number of aryl methyl sites for hydroxylation is 1. The van der Waals surface area contributed by atoms with Crippen molar-refractivity contribution in [3.63, 3.8) is 0 Å². The minimum Gasteiger partial charge on any atom is -0.390 e. The smallest absolute Gasteiger partial charge is 0.220 e. The van der Waals surface area contributed by atoms with Gasteiger partial charge in [-0.2, -0.15) is 0 Å². The molecule has 0 aromatic carbocycles. The van der Waals surface area contributed by atoms with E-state index in [4.69, 9.17) is 0 Å². The molecule has 2 rings (SSSR count). The standard InChI is InChI=1S/C15H27N5O2/c1-13-4-8-19(9-5-13)12-14(21)11-16-15(22)3-2-7-20-10-6-17-18-20/h6,10,13-14,21H,2-5,7-9,11-12H2,1H3,(H,16,22). The molecule has 22 heavy (non-hydrogen) atoms. The first-order chi connectivity index (χ1) is 10.6. The molecule has 1 fully saturated rings. The molecule has 7 heteroatoms. The fourth-order valence-electron chi connectivity index (χ4n) is 2.68. The van der Waals surface area contributed by atoms with Crippen molar-refractivity contribution in [3.8, 4) is 0 Å². The summed E-state index contributed by atoms with van der Waals surface area (Å²) >= 11 is 0. The Morgan fingerprint density at radius 1 is 1.45 bits per heavy atom. The van der Waals surface area contributed by atoms with Crippen LogP contribution in [-0.2, 0) is 11.3 Å². The van der Waals surface area contributed by atoms with Gasteiger partial charge in [0.05, 0.1) is 12.3 Å². The second-order valence-electron chi connectivity index (χ2n) is 6.21. The third-order valence-corrected chi connectivity index (χ3v) is 4.14. The van der Waals surface area contributed by atoms with Crippen LogP contribution in [0, 0.1) is 5.92 Å². The van der Waals surface area contributed by atoms with E-state index in [1.54, 1.807) is 17.1 Å². The van der Waals surface area contributed by atoms with E-state index in [9.17, 15) is 9.90 Å². The van der Waals surface area contributed by atoms with E-state index in [0.29, 0.717) is 26.1 Å². The Labute approximate surface area is 131 Å². The van der Waals surface area contributed by atoms with Crippen LogP contribution in [0.15, 0.2) is 12.4 Å². The van der Waals surface area contributed by atoms with Crippen LogP contribution < -0.4 is 5.32 Å². The van der Waals surface area contributed by atoms with Gasteiger partial charge in [0.2, 0.25) is 5.91 Å². The van der Waals surface area contributed by atoms with Gasteiger partial charge in [0.25, 0.3) is 0 Å². The number of piperidine rings is 1. The molecular weight excluding hydrogens is 282 g/mol. The molecule has 1 atom stereocenters. The second-order valence-corrected chi connectivity index (χ2v) is 6.21. The molecule has 2 N–H and O–H groups in total. The Balaban J connectivity index is 1.53. The van der Waals surface area contributed by atoms with Crippen LogP contribution >= 0.6 is 0 Å². The Morgan fingerprint density at radius 3 is 2.91 bits per heavy atom. The van der Waals surface area contributed by atoms with Crippen LogP contribution in [0.25, 0.3) is 0 Å². The summed E-state index contributed by atoms with van der Waals surface area (Å²) in [5.74, 6) is 0.768. The maximum absolute atomic E-state index is 11.7. The Hall–Kier alpha value is -1.47. The molecule has 7 nitrogen and oxygen atoms in total. The van der Waals surface area contributed by atoms with Gasteiger partial charge in [-0.05, 0) is 38.3 Å². The summed E-state index contributed by atoms with van der Waals surface area (Å²) in [6, 6.07) is 0. The topological polar surface area (TPSA) is 83.3 Å². The summed E-state index contributed by atoms with van der Waals surface area (Å²) in [5.41, 5.74) is 0. The average Bonchev–Trinajstić information content (AvgIpc) is 3.01. The van der Waals surface area contributed by atoms with Crippen molar-refractivity contribution in [2.45, 2.75) is 45.3 Å². The van der Waals surface area contributed by atoms with E-state index in [-0.39, 0.29) is 5.91 Å². The summed E-state index contributed by atoms with van der Waals surface area (Å²) < 4.78 is 1.71. The maximum Gasteiger partial charge on any atom is 0.220 e. The zero-order valence-electron chi connectivity index (χ0n) is 13.3. The van der Waals surface area contributed by atoms with E-state index in [2.05, 4.69) is 27.5 Å². The minimum atomic E-state index is -0.493. The molecule has 1 saturated heterocycles. The average molecular weight is 309 g/mol. The van der Waals surface area contributed by atoms with E-state index in [1.807, 2.05) is 0 Å². The fourth-order valence-corrected chi connectivity index (χ4v) is 2.68. The van der Waals surface area contributed by atoms with Gasteiger partial charge in [-0.25, -0.2) is 0 Å². The van der Waals surface area contributed by atoms with Gasteiger partial charge < -0.3 is 15.3 Å². The molecule has 2 heterocycles. The first-order valence-electron chi connectivity index (χ1n) is 8.14. The SMILES string of the molecule is CC1CCN(CC(O)CNC(=O)CCCn2ccnn2)CC1. The summed E-state index contributed by atoms with van der Waals surface area (Å²) in [4.78, 5) is 14.0. The molecule has 1 aliphatic rings. The number of β-amino-alcohol motifs (C(OH)–C–C–N with tert-alkyl or cyclic N) is 1. The first kappa shape index (κ1) is 16.9. The second kappa shape index (κ2) is 8.85. The molecule has 1 aromatic rings. The van der Waals surface area contributed by atoms with Gasteiger partial charge in [0.1, 0.15) is 0 Å². The fraction of sp³-hybridized carbons (Fsp3) is 0.800. The number of carbonyl (C=O) groups is 1. The third-order valence-electron chi connectivity index (χ3n) is 4.14. The van der Waals surface area contributed by atoms with E-state index < -0.39 is 6.10 Å². The molecule has 0 radical (unpaired) electrons. The number of aliphatic hydroxyl groups excluding tert-OH is 1. The van der Waals surface area contributed by atoms with Gasteiger partial charge in [-0.3, -0.25) is 9.48 Å². The van der Waals surface area contributed by atoms with Gasteiger partial charge >= 0.3 is 0 Å². The molecule has 1 unspecified atom stereocenters. The number of aliphatic hydroxyl groups is 1. The van der Waals surface area contributed by atoms with Crippen molar-refractivity contribution in [3.05, 3.63) is 12.4 Å². The Bertz CT molecular complexity index is 429. The lowest BCUT2D eigenvalue weighted by Crippen LogP contribution is -2.43. The first-order valence-corrected chi connectivity index (χ1v) is 8.14. The van der Waals surface area contributed by atoms with Crippen molar-refractivity contribution in [2.75, 3.05) is 26.2 Å².